The molecule has 5 heteroatoms. The zero-order chi connectivity index (χ0) is 10.8. The van der Waals surface area contributed by atoms with Crippen LogP contribution in [0.4, 0.5) is 4.39 Å². The molecule has 0 saturated heterocycles. The van der Waals surface area contributed by atoms with Crippen molar-refractivity contribution < 1.29 is 4.39 Å². The Labute approximate surface area is 104 Å². The Kier molecular flexibility index (Phi) is 3.38. The molecule has 0 radical (unpaired) electrons. The Hall–Kier alpha value is -0.450. The topological polar surface area (TPSA) is 12.9 Å². The fourth-order valence-electron chi connectivity index (χ4n) is 1.19. The lowest BCUT2D eigenvalue weighted by Gasteiger charge is -1.99. The molecule has 1 aromatic carbocycles. The molecule has 0 spiro atoms. The molecule has 0 bridgehead atoms. The van der Waals surface area contributed by atoms with Crippen LogP contribution in [0.5, 0.6) is 0 Å². The van der Waals surface area contributed by atoms with Gasteiger partial charge in [-0.1, -0.05) is 15.9 Å². The number of halogens is 3. The van der Waals surface area contributed by atoms with Gasteiger partial charge in [0.2, 0.25) is 0 Å². The van der Waals surface area contributed by atoms with Crippen LogP contribution in [0.1, 0.15) is 5.01 Å². The summed E-state index contributed by atoms with van der Waals surface area (Å²) in [5, 5.41) is 2.61. The van der Waals surface area contributed by atoms with Gasteiger partial charge in [-0.2, -0.15) is 0 Å². The molecule has 0 amide bonds. The highest BCUT2D eigenvalue weighted by atomic mass is 79.9. The van der Waals surface area contributed by atoms with Crippen molar-refractivity contribution in [3.05, 3.63) is 38.9 Å². The van der Waals surface area contributed by atoms with E-state index in [1.54, 1.807) is 12.1 Å². The number of aromatic nitrogens is 1. The molecule has 1 aromatic heterocycles. The second kappa shape index (κ2) is 4.60. The van der Waals surface area contributed by atoms with Crippen LogP contribution in [0, 0.1) is 5.82 Å². The molecule has 78 valence electrons. The molecule has 0 fully saturated rings. The van der Waals surface area contributed by atoms with E-state index in [1.165, 1.54) is 17.4 Å². The standard InChI is InChI=1S/C10H6BrClFNS/c11-6-1-2-8(13)7(3-6)9-5-15-10(4-12)14-9/h1-3,5H,4H2. The summed E-state index contributed by atoms with van der Waals surface area (Å²) in [5.41, 5.74) is 1.13. The van der Waals surface area contributed by atoms with Crippen molar-refractivity contribution in [1.29, 1.82) is 0 Å². The Morgan fingerprint density at radius 1 is 1.47 bits per heavy atom. The smallest absolute Gasteiger partial charge is 0.132 e. The van der Waals surface area contributed by atoms with Crippen molar-refractivity contribution in [2.45, 2.75) is 5.88 Å². The van der Waals surface area contributed by atoms with Gasteiger partial charge in [0.1, 0.15) is 10.8 Å². The van der Waals surface area contributed by atoms with Gasteiger partial charge < -0.3 is 0 Å². The molecule has 0 aliphatic rings. The highest BCUT2D eigenvalue weighted by Crippen LogP contribution is 2.27. The Morgan fingerprint density at radius 3 is 2.93 bits per heavy atom. The van der Waals surface area contributed by atoms with Crippen molar-refractivity contribution in [3.63, 3.8) is 0 Å². The van der Waals surface area contributed by atoms with E-state index in [-0.39, 0.29) is 5.82 Å². The number of alkyl halides is 1. The third kappa shape index (κ3) is 2.38. The highest BCUT2D eigenvalue weighted by molar-refractivity contribution is 9.10. The Balaban J connectivity index is 2.48. The molecule has 1 nitrogen and oxygen atoms in total. The van der Waals surface area contributed by atoms with Gasteiger partial charge in [-0.3, -0.25) is 0 Å². The second-order valence-corrected chi connectivity index (χ2v) is 5.01. The van der Waals surface area contributed by atoms with Gasteiger partial charge in [0, 0.05) is 15.4 Å². The normalized spacial score (nSPS) is 10.6. The minimum atomic E-state index is -0.273. The first-order valence-electron chi connectivity index (χ1n) is 4.16. The van der Waals surface area contributed by atoms with E-state index in [2.05, 4.69) is 20.9 Å². The molecule has 0 atom stereocenters. The van der Waals surface area contributed by atoms with Gasteiger partial charge in [-0.05, 0) is 18.2 Å². The van der Waals surface area contributed by atoms with Crippen molar-refractivity contribution >= 4 is 38.9 Å². The quantitative estimate of drug-likeness (QED) is 0.747. The molecule has 1 heterocycles. The third-order valence-electron chi connectivity index (χ3n) is 1.87. The number of nitrogens with zero attached hydrogens (tertiary/aromatic N) is 1. The summed E-state index contributed by atoms with van der Waals surface area (Å²) in [5.74, 6) is 0.0879. The maximum Gasteiger partial charge on any atom is 0.132 e. The van der Waals surface area contributed by atoms with Crippen LogP contribution < -0.4 is 0 Å². The summed E-state index contributed by atoms with van der Waals surface area (Å²) in [4.78, 5) is 4.23. The van der Waals surface area contributed by atoms with Crippen LogP contribution >= 0.6 is 38.9 Å². The van der Waals surface area contributed by atoms with E-state index in [1.807, 2.05) is 5.38 Å². The Morgan fingerprint density at radius 2 is 2.27 bits per heavy atom. The van der Waals surface area contributed by atoms with Gasteiger partial charge in [-0.15, -0.1) is 22.9 Å². The highest BCUT2D eigenvalue weighted by Gasteiger charge is 2.09. The molecule has 0 aliphatic heterocycles. The number of hydrogen-bond acceptors (Lipinski definition) is 2. The summed E-state index contributed by atoms with van der Waals surface area (Å²) in [6.45, 7) is 0. The van der Waals surface area contributed by atoms with E-state index in [9.17, 15) is 4.39 Å². The van der Waals surface area contributed by atoms with Crippen molar-refractivity contribution in [2.24, 2.45) is 0 Å². The fourth-order valence-corrected chi connectivity index (χ4v) is 2.44. The predicted octanol–water partition coefficient (Wildman–Crippen LogP) is 4.45. The third-order valence-corrected chi connectivity index (χ3v) is 3.62. The van der Waals surface area contributed by atoms with E-state index < -0.39 is 0 Å². The van der Waals surface area contributed by atoms with Gasteiger partial charge in [0.15, 0.2) is 0 Å². The minimum Gasteiger partial charge on any atom is -0.240 e. The maximum atomic E-state index is 13.5. The molecule has 0 N–H and O–H groups in total. The van der Waals surface area contributed by atoms with Crippen molar-refractivity contribution in [3.8, 4) is 11.3 Å². The van der Waals surface area contributed by atoms with Crippen LogP contribution in [-0.2, 0) is 5.88 Å². The van der Waals surface area contributed by atoms with Crippen molar-refractivity contribution in [1.82, 2.24) is 4.98 Å². The average molecular weight is 307 g/mol. The number of rotatable bonds is 2. The molecule has 0 unspecified atom stereocenters. The molecular weight excluding hydrogens is 301 g/mol. The van der Waals surface area contributed by atoms with E-state index in [0.717, 1.165) is 9.48 Å². The summed E-state index contributed by atoms with van der Waals surface area (Å²) in [6.07, 6.45) is 0. The summed E-state index contributed by atoms with van der Waals surface area (Å²) < 4.78 is 14.3. The van der Waals surface area contributed by atoms with Gasteiger partial charge in [0.25, 0.3) is 0 Å². The monoisotopic (exact) mass is 305 g/mol. The lowest BCUT2D eigenvalue weighted by Crippen LogP contribution is -1.85. The largest absolute Gasteiger partial charge is 0.240 e. The lowest BCUT2D eigenvalue weighted by molar-refractivity contribution is 0.630. The predicted molar refractivity (Wildman–Crippen MR) is 64.8 cm³/mol. The zero-order valence-corrected chi connectivity index (χ0v) is 10.7. The molecule has 0 aliphatic carbocycles. The second-order valence-electron chi connectivity index (χ2n) is 2.88. The van der Waals surface area contributed by atoms with E-state index >= 15 is 0 Å². The van der Waals surface area contributed by atoms with Crippen molar-refractivity contribution in [2.75, 3.05) is 0 Å². The van der Waals surface area contributed by atoms with Crippen LogP contribution in [0.3, 0.4) is 0 Å². The van der Waals surface area contributed by atoms with E-state index in [4.69, 9.17) is 11.6 Å². The molecule has 0 saturated carbocycles. The van der Waals surface area contributed by atoms with Crippen LogP contribution in [0.2, 0.25) is 0 Å². The summed E-state index contributed by atoms with van der Waals surface area (Å²) >= 11 is 10.4. The molecular formula is C10H6BrClFNS. The van der Waals surface area contributed by atoms with Crippen LogP contribution in [0.25, 0.3) is 11.3 Å². The summed E-state index contributed by atoms with van der Waals surface area (Å²) in [7, 11) is 0. The van der Waals surface area contributed by atoms with Gasteiger partial charge in [0.05, 0.1) is 11.6 Å². The molecule has 15 heavy (non-hydrogen) atoms. The zero-order valence-electron chi connectivity index (χ0n) is 7.51. The maximum absolute atomic E-state index is 13.5. The van der Waals surface area contributed by atoms with Crippen LogP contribution in [0.15, 0.2) is 28.1 Å². The van der Waals surface area contributed by atoms with Gasteiger partial charge in [-0.25, -0.2) is 9.37 Å². The number of hydrogen-bond donors (Lipinski definition) is 0. The van der Waals surface area contributed by atoms with E-state index in [0.29, 0.717) is 17.1 Å². The first kappa shape index (κ1) is 11.0. The SMILES string of the molecule is Fc1ccc(Br)cc1-c1csc(CCl)n1. The fraction of sp³-hybridized carbons (Fsp3) is 0.100. The number of benzene rings is 1. The minimum absolute atomic E-state index is 0.273. The first-order chi connectivity index (χ1) is 7.20. The lowest BCUT2D eigenvalue weighted by atomic mass is 10.2. The summed E-state index contributed by atoms with van der Waals surface area (Å²) in [6, 6.07) is 4.79. The number of thiazole rings is 1. The average Bonchev–Trinajstić information content (AvgIpc) is 2.70. The Bertz CT molecular complexity index is 486. The molecule has 2 rings (SSSR count). The first-order valence-corrected chi connectivity index (χ1v) is 6.37. The van der Waals surface area contributed by atoms with Crippen LogP contribution in [-0.4, -0.2) is 4.98 Å². The molecule has 2 aromatic rings. The van der Waals surface area contributed by atoms with Gasteiger partial charge >= 0.3 is 0 Å².